The van der Waals surface area contributed by atoms with Gasteiger partial charge >= 0.3 is 6.09 Å². The maximum Gasteiger partial charge on any atom is 0.407 e. The van der Waals surface area contributed by atoms with Crippen molar-refractivity contribution in [2.24, 2.45) is 5.92 Å². The Labute approximate surface area is 152 Å². The summed E-state index contributed by atoms with van der Waals surface area (Å²) in [4.78, 5) is 16.2. The Balaban J connectivity index is 1.79. The van der Waals surface area contributed by atoms with Crippen molar-refractivity contribution in [2.75, 3.05) is 13.2 Å². The number of carbonyl (C=O) groups is 1. The Morgan fingerprint density at radius 1 is 1.46 bits per heavy atom. The van der Waals surface area contributed by atoms with Crippen molar-refractivity contribution >= 4 is 17.1 Å². The van der Waals surface area contributed by atoms with Crippen LogP contribution in [0.5, 0.6) is 0 Å². The number of nitrogens with one attached hydrogen (secondary N) is 1. The molecule has 2 N–H and O–H groups in total. The number of rotatable bonds is 4. The van der Waals surface area contributed by atoms with E-state index in [1.807, 2.05) is 13.0 Å². The topological polar surface area (TPSA) is 76.4 Å². The molecule has 1 aliphatic rings. The predicted octanol–water partition coefficient (Wildman–Crippen LogP) is 2.72. The number of imidazole rings is 1. The quantitative estimate of drug-likeness (QED) is 0.876. The van der Waals surface area contributed by atoms with Crippen LogP contribution in [0.2, 0.25) is 0 Å². The van der Waals surface area contributed by atoms with Crippen LogP contribution >= 0.6 is 0 Å². The summed E-state index contributed by atoms with van der Waals surface area (Å²) in [5, 5.41) is 12.1. The fourth-order valence-corrected chi connectivity index (χ4v) is 3.52. The van der Waals surface area contributed by atoms with Gasteiger partial charge in [-0.05, 0) is 63.6 Å². The van der Waals surface area contributed by atoms with Gasteiger partial charge in [0.05, 0.1) is 5.52 Å². The highest BCUT2D eigenvalue weighted by atomic mass is 19.1. The van der Waals surface area contributed by atoms with Crippen LogP contribution in [-0.4, -0.2) is 39.5 Å². The molecule has 0 radical (unpaired) electrons. The third-order valence-corrected chi connectivity index (χ3v) is 4.62. The molecule has 1 aromatic carbocycles. The lowest BCUT2D eigenvalue weighted by Crippen LogP contribution is -2.34. The number of aliphatic hydroxyl groups excluding tert-OH is 1. The summed E-state index contributed by atoms with van der Waals surface area (Å²) < 4.78 is 22.1. The molecule has 0 saturated carbocycles. The van der Waals surface area contributed by atoms with E-state index < -0.39 is 11.7 Å². The molecule has 1 aliphatic carbocycles. The molecule has 3 rings (SSSR count). The molecule has 1 amide bonds. The largest absolute Gasteiger partial charge is 0.444 e. The number of aromatic nitrogens is 2. The van der Waals surface area contributed by atoms with Gasteiger partial charge in [-0.15, -0.1) is 0 Å². The maximum absolute atomic E-state index is 15.1. The van der Waals surface area contributed by atoms with Gasteiger partial charge in [-0.3, -0.25) is 0 Å². The van der Waals surface area contributed by atoms with Gasteiger partial charge in [-0.2, -0.15) is 0 Å². The highest BCUT2D eigenvalue weighted by Gasteiger charge is 2.27. The average Bonchev–Trinajstić information content (AvgIpc) is 3.07. The van der Waals surface area contributed by atoms with Crippen molar-refractivity contribution in [1.29, 1.82) is 0 Å². The number of hydrogen-bond acceptors (Lipinski definition) is 4. The number of fused-ring (bicyclic) bond motifs is 2. The number of hydrogen-bond donors (Lipinski definition) is 2. The zero-order chi connectivity index (χ0) is 19.1. The first-order valence-corrected chi connectivity index (χ1v) is 8.94. The van der Waals surface area contributed by atoms with Crippen molar-refractivity contribution < 1.29 is 19.0 Å². The van der Waals surface area contributed by atoms with Crippen LogP contribution in [0.1, 0.15) is 37.7 Å². The van der Waals surface area contributed by atoms with Gasteiger partial charge < -0.3 is 19.7 Å². The standard InChI is InChI=1S/C19H26FN3O3/c1-11-22-15-9-13-7-12(10-24)8-14(13)16(20)17(15)23(11)6-5-21-18(25)26-19(2,3)4/h9,12,24H,5-8,10H2,1-4H3,(H,21,25). The summed E-state index contributed by atoms with van der Waals surface area (Å²) in [6.45, 7) is 8.01. The van der Waals surface area contributed by atoms with Crippen molar-refractivity contribution in [2.45, 2.75) is 52.7 Å². The molecule has 1 unspecified atom stereocenters. The molecule has 1 aromatic heterocycles. The third kappa shape index (κ3) is 3.67. The van der Waals surface area contributed by atoms with Crippen LogP contribution in [0.4, 0.5) is 9.18 Å². The minimum atomic E-state index is -0.558. The number of halogens is 1. The Morgan fingerprint density at radius 2 is 2.19 bits per heavy atom. The van der Waals surface area contributed by atoms with Gasteiger partial charge in [-0.1, -0.05) is 0 Å². The van der Waals surface area contributed by atoms with Gasteiger partial charge in [0.25, 0.3) is 0 Å². The second-order valence-electron chi connectivity index (χ2n) is 7.89. The molecular formula is C19H26FN3O3. The number of benzene rings is 1. The Bertz CT molecular complexity index is 839. The zero-order valence-electron chi connectivity index (χ0n) is 15.7. The monoisotopic (exact) mass is 363 g/mol. The van der Waals surface area contributed by atoms with Crippen LogP contribution in [0.15, 0.2) is 6.07 Å². The summed E-state index contributed by atoms with van der Waals surface area (Å²) in [5.41, 5.74) is 2.14. The second-order valence-corrected chi connectivity index (χ2v) is 7.89. The Hall–Kier alpha value is -2.15. The number of amides is 1. The first-order valence-electron chi connectivity index (χ1n) is 8.94. The molecule has 0 bridgehead atoms. The van der Waals surface area contributed by atoms with E-state index in [9.17, 15) is 9.90 Å². The lowest BCUT2D eigenvalue weighted by molar-refractivity contribution is 0.0526. The van der Waals surface area contributed by atoms with Gasteiger partial charge in [0, 0.05) is 19.7 Å². The first kappa shape index (κ1) is 18.6. The van der Waals surface area contributed by atoms with E-state index in [4.69, 9.17) is 4.74 Å². The van der Waals surface area contributed by atoms with E-state index >= 15 is 4.39 Å². The number of ether oxygens (including phenoxy) is 1. The highest BCUT2D eigenvalue weighted by molar-refractivity contribution is 5.79. The second kappa shape index (κ2) is 6.87. The van der Waals surface area contributed by atoms with Gasteiger partial charge in [0.1, 0.15) is 16.9 Å². The van der Waals surface area contributed by atoms with E-state index in [0.29, 0.717) is 48.4 Å². The van der Waals surface area contributed by atoms with Crippen LogP contribution in [0.3, 0.4) is 0 Å². The molecule has 0 saturated heterocycles. The number of carbonyl (C=O) groups excluding carboxylic acids is 1. The smallest absolute Gasteiger partial charge is 0.407 e. The number of nitrogens with zero attached hydrogens (tertiary/aromatic N) is 2. The average molecular weight is 363 g/mol. The fourth-order valence-electron chi connectivity index (χ4n) is 3.52. The number of alkyl carbamates (subject to hydrolysis) is 1. The van der Waals surface area contributed by atoms with E-state index in [1.54, 1.807) is 25.3 Å². The van der Waals surface area contributed by atoms with Crippen molar-refractivity contribution in [3.8, 4) is 0 Å². The molecule has 7 heteroatoms. The van der Waals surface area contributed by atoms with E-state index in [2.05, 4.69) is 10.3 Å². The fraction of sp³-hybridized carbons (Fsp3) is 0.579. The van der Waals surface area contributed by atoms with Gasteiger partial charge in [-0.25, -0.2) is 14.2 Å². The molecule has 0 aliphatic heterocycles. The molecule has 0 spiro atoms. The summed E-state index contributed by atoms with van der Waals surface area (Å²) in [7, 11) is 0. The lowest BCUT2D eigenvalue weighted by Gasteiger charge is -2.19. The van der Waals surface area contributed by atoms with Gasteiger partial charge in [0.2, 0.25) is 0 Å². The summed E-state index contributed by atoms with van der Waals surface area (Å²) in [6.07, 6.45) is 0.741. The summed E-state index contributed by atoms with van der Waals surface area (Å²) in [5.74, 6) is 0.521. The van der Waals surface area contributed by atoms with Crippen LogP contribution in [-0.2, 0) is 24.1 Å². The van der Waals surface area contributed by atoms with E-state index in [0.717, 1.165) is 5.56 Å². The predicted molar refractivity (Wildman–Crippen MR) is 96.6 cm³/mol. The maximum atomic E-state index is 15.1. The molecular weight excluding hydrogens is 337 g/mol. The molecule has 1 heterocycles. The molecule has 26 heavy (non-hydrogen) atoms. The SMILES string of the molecule is Cc1nc2cc3c(c(F)c2n1CCNC(=O)OC(C)(C)C)CC(CO)C3. The molecule has 1 atom stereocenters. The molecule has 142 valence electrons. The normalized spacial score (nSPS) is 16.8. The van der Waals surface area contributed by atoms with Crippen LogP contribution < -0.4 is 5.32 Å². The Kier molecular flexibility index (Phi) is 4.92. The lowest BCUT2D eigenvalue weighted by atomic mass is 10.1. The molecule has 6 nitrogen and oxygen atoms in total. The zero-order valence-corrected chi connectivity index (χ0v) is 15.7. The van der Waals surface area contributed by atoms with Crippen LogP contribution in [0, 0.1) is 18.7 Å². The van der Waals surface area contributed by atoms with Crippen molar-refractivity contribution in [1.82, 2.24) is 14.9 Å². The Morgan fingerprint density at radius 3 is 2.85 bits per heavy atom. The molecule has 2 aromatic rings. The number of aryl methyl sites for hydroxylation is 1. The summed E-state index contributed by atoms with van der Waals surface area (Å²) >= 11 is 0. The van der Waals surface area contributed by atoms with E-state index in [-0.39, 0.29) is 18.3 Å². The molecule has 0 fully saturated rings. The van der Waals surface area contributed by atoms with Crippen molar-refractivity contribution in [3.05, 3.63) is 28.8 Å². The van der Waals surface area contributed by atoms with Crippen LogP contribution in [0.25, 0.3) is 11.0 Å². The van der Waals surface area contributed by atoms with Crippen molar-refractivity contribution in [3.63, 3.8) is 0 Å². The minimum Gasteiger partial charge on any atom is -0.444 e. The third-order valence-electron chi connectivity index (χ3n) is 4.62. The van der Waals surface area contributed by atoms with Gasteiger partial charge in [0.15, 0.2) is 5.82 Å². The summed E-state index contributed by atoms with van der Waals surface area (Å²) in [6, 6.07) is 1.92. The van der Waals surface area contributed by atoms with E-state index in [1.165, 1.54) is 0 Å². The highest BCUT2D eigenvalue weighted by Crippen LogP contribution is 2.33. The minimum absolute atomic E-state index is 0.0601. The first-order chi connectivity index (χ1) is 12.2. The number of aliphatic hydroxyl groups is 1.